The van der Waals surface area contributed by atoms with E-state index in [9.17, 15) is 9.59 Å². The summed E-state index contributed by atoms with van der Waals surface area (Å²) in [5, 5.41) is 9.47. The SMILES string of the molecule is CC(C)c1c(Cl)[nH]c(=O)n(-c2cc(Cl)ccc2C#N)c1=O. The quantitative estimate of drug-likeness (QED) is 0.863. The van der Waals surface area contributed by atoms with E-state index < -0.39 is 11.2 Å². The van der Waals surface area contributed by atoms with Gasteiger partial charge in [0.2, 0.25) is 0 Å². The van der Waals surface area contributed by atoms with Gasteiger partial charge in [-0.1, -0.05) is 37.0 Å². The molecule has 1 aromatic carbocycles. The van der Waals surface area contributed by atoms with Crippen molar-refractivity contribution < 1.29 is 0 Å². The van der Waals surface area contributed by atoms with Crippen LogP contribution in [0, 0.1) is 11.3 Å². The lowest BCUT2D eigenvalue weighted by Gasteiger charge is -2.12. The van der Waals surface area contributed by atoms with E-state index in [0.29, 0.717) is 5.02 Å². The lowest BCUT2D eigenvalue weighted by atomic mass is 10.1. The lowest BCUT2D eigenvalue weighted by Crippen LogP contribution is -2.37. The monoisotopic (exact) mass is 323 g/mol. The fourth-order valence-electron chi connectivity index (χ4n) is 2.03. The van der Waals surface area contributed by atoms with Crippen molar-refractivity contribution in [2.24, 2.45) is 0 Å². The number of halogens is 2. The third-order valence-electron chi connectivity index (χ3n) is 2.99. The van der Waals surface area contributed by atoms with Gasteiger partial charge in [0, 0.05) is 5.02 Å². The Balaban J connectivity index is 2.93. The molecule has 0 saturated heterocycles. The van der Waals surface area contributed by atoms with E-state index >= 15 is 0 Å². The summed E-state index contributed by atoms with van der Waals surface area (Å²) in [6.07, 6.45) is 0. The number of nitrogens with zero attached hydrogens (tertiary/aromatic N) is 2. The Labute approximate surface area is 130 Å². The van der Waals surface area contributed by atoms with Gasteiger partial charge in [-0.3, -0.25) is 9.78 Å². The van der Waals surface area contributed by atoms with Crippen molar-refractivity contribution in [3.8, 4) is 11.8 Å². The zero-order valence-electron chi connectivity index (χ0n) is 11.3. The van der Waals surface area contributed by atoms with Crippen molar-refractivity contribution in [3.63, 3.8) is 0 Å². The molecule has 1 aromatic heterocycles. The fourth-order valence-corrected chi connectivity index (χ4v) is 2.57. The van der Waals surface area contributed by atoms with Crippen molar-refractivity contribution in [3.05, 3.63) is 60.3 Å². The van der Waals surface area contributed by atoms with Gasteiger partial charge in [0.05, 0.1) is 16.8 Å². The van der Waals surface area contributed by atoms with E-state index in [1.165, 1.54) is 18.2 Å². The minimum atomic E-state index is -0.715. The maximum atomic E-state index is 12.5. The minimum absolute atomic E-state index is 0.0109. The molecule has 1 heterocycles. The van der Waals surface area contributed by atoms with E-state index in [2.05, 4.69) is 4.98 Å². The van der Waals surface area contributed by atoms with Crippen LogP contribution in [0.3, 0.4) is 0 Å². The predicted molar refractivity (Wildman–Crippen MR) is 81.5 cm³/mol. The van der Waals surface area contributed by atoms with Crippen LogP contribution in [-0.2, 0) is 0 Å². The first-order valence-corrected chi connectivity index (χ1v) is 6.87. The van der Waals surface area contributed by atoms with Crippen LogP contribution in [0.4, 0.5) is 0 Å². The van der Waals surface area contributed by atoms with Crippen LogP contribution in [0.15, 0.2) is 27.8 Å². The zero-order valence-corrected chi connectivity index (χ0v) is 12.8. The molecule has 0 aliphatic rings. The molecule has 0 bridgehead atoms. The van der Waals surface area contributed by atoms with Crippen LogP contribution in [-0.4, -0.2) is 9.55 Å². The summed E-state index contributed by atoms with van der Waals surface area (Å²) in [5.41, 5.74) is -0.690. The van der Waals surface area contributed by atoms with Crippen LogP contribution >= 0.6 is 23.2 Å². The second kappa shape index (κ2) is 5.76. The normalized spacial score (nSPS) is 10.7. The fraction of sp³-hybridized carbons (Fsp3) is 0.214. The summed E-state index contributed by atoms with van der Waals surface area (Å²) < 4.78 is 0.881. The second-order valence-corrected chi connectivity index (χ2v) is 5.54. The van der Waals surface area contributed by atoms with Crippen LogP contribution < -0.4 is 11.2 Å². The number of hydrogen-bond acceptors (Lipinski definition) is 3. The topological polar surface area (TPSA) is 78.7 Å². The number of H-pyrrole nitrogens is 1. The molecule has 0 spiro atoms. The van der Waals surface area contributed by atoms with E-state index in [0.717, 1.165) is 4.57 Å². The maximum Gasteiger partial charge on any atom is 0.334 e. The average Bonchev–Trinajstić information content (AvgIpc) is 2.37. The van der Waals surface area contributed by atoms with Gasteiger partial charge < -0.3 is 0 Å². The van der Waals surface area contributed by atoms with E-state index in [1.54, 1.807) is 13.8 Å². The van der Waals surface area contributed by atoms with E-state index in [4.69, 9.17) is 28.5 Å². The summed E-state index contributed by atoms with van der Waals surface area (Å²) in [6, 6.07) is 6.30. The second-order valence-electron chi connectivity index (χ2n) is 4.73. The molecule has 1 N–H and O–H groups in total. The highest BCUT2D eigenvalue weighted by atomic mass is 35.5. The summed E-state index contributed by atoms with van der Waals surface area (Å²) >= 11 is 11.8. The lowest BCUT2D eigenvalue weighted by molar-refractivity contribution is 0.776. The Morgan fingerprint density at radius 2 is 1.95 bits per heavy atom. The Morgan fingerprint density at radius 1 is 1.29 bits per heavy atom. The first-order chi connectivity index (χ1) is 9.86. The van der Waals surface area contributed by atoms with Gasteiger partial charge in [-0.2, -0.15) is 5.26 Å². The van der Waals surface area contributed by atoms with Crippen LogP contribution in [0.5, 0.6) is 0 Å². The predicted octanol–water partition coefficient (Wildman–Crippen LogP) is 2.83. The Morgan fingerprint density at radius 3 is 2.52 bits per heavy atom. The molecule has 0 aliphatic carbocycles. The number of benzene rings is 1. The Bertz CT molecular complexity index is 860. The molecule has 7 heteroatoms. The number of hydrogen-bond donors (Lipinski definition) is 1. The molecule has 0 amide bonds. The highest BCUT2D eigenvalue weighted by molar-refractivity contribution is 6.31. The molecule has 0 radical (unpaired) electrons. The maximum absolute atomic E-state index is 12.5. The molecule has 2 aromatic rings. The molecule has 0 fully saturated rings. The van der Waals surface area contributed by atoms with Gasteiger partial charge in [0.25, 0.3) is 5.56 Å². The van der Waals surface area contributed by atoms with Gasteiger partial charge >= 0.3 is 5.69 Å². The van der Waals surface area contributed by atoms with Crippen molar-refractivity contribution in [1.82, 2.24) is 9.55 Å². The summed E-state index contributed by atoms with van der Waals surface area (Å²) in [7, 11) is 0. The first kappa shape index (κ1) is 15.4. The van der Waals surface area contributed by atoms with E-state index in [1.807, 2.05) is 6.07 Å². The molecule has 0 saturated carbocycles. The van der Waals surface area contributed by atoms with E-state index in [-0.39, 0.29) is 27.9 Å². The third kappa shape index (κ3) is 2.73. The summed E-state index contributed by atoms with van der Waals surface area (Å²) in [5.74, 6) is -0.183. The number of aromatic nitrogens is 2. The van der Waals surface area contributed by atoms with Gasteiger partial charge in [0.15, 0.2) is 0 Å². The minimum Gasteiger partial charge on any atom is -0.297 e. The largest absolute Gasteiger partial charge is 0.334 e. The van der Waals surface area contributed by atoms with Gasteiger partial charge in [0.1, 0.15) is 11.2 Å². The first-order valence-electron chi connectivity index (χ1n) is 6.11. The van der Waals surface area contributed by atoms with Crippen LogP contribution in [0.25, 0.3) is 5.69 Å². The summed E-state index contributed by atoms with van der Waals surface area (Å²) in [6.45, 7) is 3.57. The molecule has 21 heavy (non-hydrogen) atoms. The van der Waals surface area contributed by atoms with Crippen LogP contribution in [0.1, 0.15) is 30.9 Å². The van der Waals surface area contributed by atoms with Gasteiger partial charge in [-0.15, -0.1) is 0 Å². The Hall–Kier alpha value is -2.03. The highest BCUT2D eigenvalue weighted by Crippen LogP contribution is 2.20. The number of nitriles is 1. The molecule has 0 unspecified atom stereocenters. The van der Waals surface area contributed by atoms with Gasteiger partial charge in [-0.25, -0.2) is 9.36 Å². The van der Waals surface area contributed by atoms with Crippen molar-refractivity contribution in [1.29, 1.82) is 5.26 Å². The molecule has 5 nitrogen and oxygen atoms in total. The van der Waals surface area contributed by atoms with Crippen molar-refractivity contribution in [2.45, 2.75) is 19.8 Å². The average molecular weight is 324 g/mol. The molecule has 0 atom stereocenters. The molecule has 108 valence electrons. The third-order valence-corrected chi connectivity index (χ3v) is 3.52. The van der Waals surface area contributed by atoms with Crippen LogP contribution in [0.2, 0.25) is 10.2 Å². The molecule has 2 rings (SSSR count). The number of rotatable bonds is 2. The molecule has 0 aliphatic heterocycles. The molecular formula is C14H11Cl2N3O2. The molecular weight excluding hydrogens is 313 g/mol. The summed E-state index contributed by atoms with van der Waals surface area (Å²) in [4.78, 5) is 27.0. The zero-order chi connectivity index (χ0) is 15.7. The smallest absolute Gasteiger partial charge is 0.297 e. The standard InChI is InChI=1S/C14H11Cl2N3O2/c1-7(2)11-12(16)18-14(21)19(13(11)20)10-5-9(15)4-3-8(10)6-17/h3-5,7H,1-2H3,(H,18,21). The Kier molecular flexibility index (Phi) is 4.21. The van der Waals surface area contributed by atoms with Gasteiger partial charge in [-0.05, 0) is 24.1 Å². The van der Waals surface area contributed by atoms with Crippen molar-refractivity contribution >= 4 is 23.2 Å². The number of aromatic amines is 1. The number of nitrogens with one attached hydrogen (secondary N) is 1. The highest BCUT2D eigenvalue weighted by Gasteiger charge is 2.18. The van der Waals surface area contributed by atoms with Crippen molar-refractivity contribution in [2.75, 3.05) is 0 Å².